The highest BCUT2D eigenvalue weighted by atomic mass is 16.3. The second-order valence-electron chi connectivity index (χ2n) is 7.07. The van der Waals surface area contributed by atoms with Gasteiger partial charge in [-0.2, -0.15) is 5.10 Å². The van der Waals surface area contributed by atoms with E-state index in [-0.39, 0.29) is 18.0 Å². The number of aliphatic hydroxyl groups is 1. The van der Waals surface area contributed by atoms with E-state index in [0.717, 1.165) is 11.2 Å². The lowest BCUT2D eigenvalue weighted by Crippen LogP contribution is -2.37. The molecule has 0 bridgehead atoms. The van der Waals surface area contributed by atoms with Crippen molar-refractivity contribution in [2.24, 2.45) is 0 Å². The monoisotopic (exact) mass is 389 g/mol. The predicted molar refractivity (Wildman–Crippen MR) is 107 cm³/mol. The molecule has 2 aromatic heterocycles. The Balaban J connectivity index is 1.54. The molecule has 4 rings (SSSR count). The third-order valence-corrected chi connectivity index (χ3v) is 4.84. The molecule has 0 aliphatic carbocycles. The third kappa shape index (κ3) is 3.56. The van der Waals surface area contributed by atoms with E-state index in [1.54, 1.807) is 37.5 Å². The van der Waals surface area contributed by atoms with Crippen LogP contribution in [0.3, 0.4) is 0 Å². The Morgan fingerprint density at radius 3 is 2.97 bits per heavy atom. The van der Waals surface area contributed by atoms with E-state index < -0.39 is 11.5 Å². The van der Waals surface area contributed by atoms with Gasteiger partial charge in [0.25, 0.3) is 11.8 Å². The Kier molecular flexibility index (Phi) is 4.53. The van der Waals surface area contributed by atoms with Gasteiger partial charge in [-0.15, -0.1) is 0 Å². The summed E-state index contributed by atoms with van der Waals surface area (Å²) in [4.78, 5) is 30.3. The Morgan fingerprint density at radius 1 is 1.38 bits per heavy atom. The maximum atomic E-state index is 12.6. The van der Waals surface area contributed by atoms with E-state index in [9.17, 15) is 14.7 Å². The lowest BCUT2D eigenvalue weighted by atomic mass is 10.0. The number of aromatic amines is 1. The summed E-state index contributed by atoms with van der Waals surface area (Å²) >= 11 is 0. The quantitative estimate of drug-likeness (QED) is 0.575. The molecule has 29 heavy (non-hydrogen) atoms. The number of hydrogen-bond donors (Lipinski definition) is 3. The number of aryl methyl sites for hydroxylation is 1. The number of amides is 2. The SMILES string of the molecule is Cc1cc2[nH]nc(C(=O)Nc3cccc(C#C[C@]4(O)CCN(C)C4=O)c3)c2cn1. The van der Waals surface area contributed by atoms with Crippen molar-refractivity contribution >= 4 is 28.4 Å². The topological polar surface area (TPSA) is 111 Å². The highest BCUT2D eigenvalue weighted by Gasteiger charge is 2.42. The smallest absolute Gasteiger partial charge is 0.276 e. The molecule has 1 aliphatic rings. The minimum Gasteiger partial charge on any atom is -0.369 e. The van der Waals surface area contributed by atoms with Gasteiger partial charge < -0.3 is 15.3 Å². The second kappa shape index (κ2) is 7.04. The van der Waals surface area contributed by atoms with Gasteiger partial charge in [-0.1, -0.05) is 17.9 Å². The average molecular weight is 389 g/mol. The Labute approximate surface area is 166 Å². The molecule has 8 nitrogen and oxygen atoms in total. The molecule has 8 heteroatoms. The zero-order valence-corrected chi connectivity index (χ0v) is 16.0. The minimum atomic E-state index is -1.66. The second-order valence-corrected chi connectivity index (χ2v) is 7.07. The van der Waals surface area contributed by atoms with Gasteiger partial charge in [-0.05, 0) is 31.2 Å². The summed E-state index contributed by atoms with van der Waals surface area (Å²) in [6, 6.07) is 8.70. The molecular formula is C21H19N5O3. The van der Waals surface area contributed by atoms with Crippen molar-refractivity contribution < 1.29 is 14.7 Å². The number of aromatic nitrogens is 3. The number of hydrogen-bond acceptors (Lipinski definition) is 5. The number of pyridine rings is 1. The number of fused-ring (bicyclic) bond motifs is 1. The molecule has 146 valence electrons. The average Bonchev–Trinajstić information content (AvgIpc) is 3.23. The molecule has 1 saturated heterocycles. The molecule has 3 aromatic rings. The molecule has 1 atom stereocenters. The van der Waals surface area contributed by atoms with Crippen LogP contribution in [0, 0.1) is 18.8 Å². The molecule has 1 aliphatic heterocycles. The van der Waals surface area contributed by atoms with Crippen LogP contribution in [0.1, 0.15) is 28.2 Å². The summed E-state index contributed by atoms with van der Waals surface area (Å²) in [5.41, 5.74) is 1.25. The van der Waals surface area contributed by atoms with Crippen LogP contribution in [0.5, 0.6) is 0 Å². The van der Waals surface area contributed by atoms with Gasteiger partial charge in [0.15, 0.2) is 5.69 Å². The van der Waals surface area contributed by atoms with E-state index in [1.807, 2.05) is 13.0 Å². The summed E-state index contributed by atoms with van der Waals surface area (Å²) in [6.45, 7) is 2.33. The van der Waals surface area contributed by atoms with E-state index in [0.29, 0.717) is 23.2 Å². The number of likely N-dealkylation sites (N-methyl/N-ethyl adjacent to an activating group) is 1. The standard InChI is InChI=1S/C21H19N5O3/c1-13-10-17-16(12-22-13)18(25-24-17)19(27)23-15-5-3-4-14(11-15)6-7-21(29)8-9-26(2)20(21)28/h3-5,10-12,29H,8-9H2,1-2H3,(H,23,27)(H,24,25)/t21-/m0/s1. The summed E-state index contributed by atoms with van der Waals surface area (Å²) in [5, 5.41) is 20.7. The van der Waals surface area contributed by atoms with Gasteiger partial charge in [0, 0.05) is 43.2 Å². The van der Waals surface area contributed by atoms with E-state index in [1.165, 1.54) is 4.90 Å². The molecule has 1 fully saturated rings. The fraction of sp³-hybridized carbons (Fsp3) is 0.238. The van der Waals surface area contributed by atoms with Crippen molar-refractivity contribution in [1.82, 2.24) is 20.1 Å². The first-order valence-electron chi connectivity index (χ1n) is 9.09. The number of likely N-dealkylation sites (tertiary alicyclic amines) is 1. The van der Waals surface area contributed by atoms with E-state index in [2.05, 4.69) is 32.3 Å². The zero-order valence-electron chi connectivity index (χ0n) is 16.0. The van der Waals surface area contributed by atoms with Crippen LogP contribution in [-0.2, 0) is 4.79 Å². The van der Waals surface area contributed by atoms with Gasteiger partial charge in [-0.3, -0.25) is 19.7 Å². The number of H-pyrrole nitrogens is 1. The lowest BCUT2D eigenvalue weighted by Gasteiger charge is -2.13. The molecule has 3 heterocycles. The van der Waals surface area contributed by atoms with Gasteiger partial charge in [0.2, 0.25) is 5.60 Å². The maximum absolute atomic E-state index is 12.6. The summed E-state index contributed by atoms with van der Waals surface area (Å²) in [6.07, 6.45) is 1.88. The van der Waals surface area contributed by atoms with Crippen LogP contribution >= 0.6 is 0 Å². The van der Waals surface area contributed by atoms with Crippen LogP contribution in [0.4, 0.5) is 5.69 Å². The first-order valence-corrected chi connectivity index (χ1v) is 9.09. The van der Waals surface area contributed by atoms with Crippen LogP contribution in [-0.4, -0.2) is 56.2 Å². The van der Waals surface area contributed by atoms with Crippen molar-refractivity contribution in [2.75, 3.05) is 18.9 Å². The molecule has 0 unspecified atom stereocenters. The third-order valence-electron chi connectivity index (χ3n) is 4.84. The molecule has 2 amide bonds. The highest BCUT2D eigenvalue weighted by Crippen LogP contribution is 2.21. The molecule has 0 saturated carbocycles. The number of carbonyl (C=O) groups excluding carboxylic acids is 2. The Bertz CT molecular complexity index is 1190. The molecule has 0 radical (unpaired) electrons. The van der Waals surface area contributed by atoms with Crippen molar-refractivity contribution in [3.05, 3.63) is 53.5 Å². The summed E-state index contributed by atoms with van der Waals surface area (Å²) in [5.74, 6) is 4.72. The van der Waals surface area contributed by atoms with Gasteiger partial charge >= 0.3 is 0 Å². The first kappa shape index (κ1) is 18.7. The zero-order chi connectivity index (χ0) is 20.6. The number of rotatable bonds is 2. The van der Waals surface area contributed by atoms with Gasteiger partial charge in [0.1, 0.15) is 0 Å². The first-order chi connectivity index (χ1) is 13.9. The number of carbonyl (C=O) groups is 2. The van der Waals surface area contributed by atoms with Crippen LogP contribution in [0.2, 0.25) is 0 Å². The van der Waals surface area contributed by atoms with Gasteiger partial charge in [0.05, 0.1) is 10.9 Å². The molecule has 0 spiro atoms. The number of nitrogens with one attached hydrogen (secondary N) is 2. The number of benzene rings is 1. The fourth-order valence-corrected chi connectivity index (χ4v) is 3.20. The van der Waals surface area contributed by atoms with Crippen LogP contribution < -0.4 is 5.32 Å². The van der Waals surface area contributed by atoms with Crippen molar-refractivity contribution in [1.29, 1.82) is 0 Å². The van der Waals surface area contributed by atoms with E-state index >= 15 is 0 Å². The number of nitrogens with zero attached hydrogens (tertiary/aromatic N) is 3. The van der Waals surface area contributed by atoms with Crippen molar-refractivity contribution in [2.45, 2.75) is 18.9 Å². The fourth-order valence-electron chi connectivity index (χ4n) is 3.20. The number of anilines is 1. The molecule has 3 N–H and O–H groups in total. The molecule has 1 aromatic carbocycles. The maximum Gasteiger partial charge on any atom is 0.276 e. The Hall–Kier alpha value is -3.70. The summed E-state index contributed by atoms with van der Waals surface area (Å²) < 4.78 is 0. The van der Waals surface area contributed by atoms with Crippen LogP contribution in [0.25, 0.3) is 10.9 Å². The lowest BCUT2D eigenvalue weighted by molar-refractivity contribution is -0.137. The molecular weight excluding hydrogens is 370 g/mol. The van der Waals surface area contributed by atoms with Crippen molar-refractivity contribution in [3.63, 3.8) is 0 Å². The van der Waals surface area contributed by atoms with E-state index in [4.69, 9.17) is 0 Å². The Morgan fingerprint density at radius 2 is 2.21 bits per heavy atom. The summed E-state index contributed by atoms with van der Waals surface area (Å²) in [7, 11) is 1.63. The van der Waals surface area contributed by atoms with Gasteiger partial charge in [-0.25, -0.2) is 0 Å². The normalized spacial score (nSPS) is 18.6. The minimum absolute atomic E-state index is 0.248. The van der Waals surface area contributed by atoms with Crippen molar-refractivity contribution in [3.8, 4) is 11.8 Å². The largest absolute Gasteiger partial charge is 0.369 e. The highest BCUT2D eigenvalue weighted by molar-refractivity contribution is 6.11. The predicted octanol–water partition coefficient (Wildman–Crippen LogP) is 1.46. The van der Waals surface area contributed by atoms with Crippen LogP contribution in [0.15, 0.2) is 36.5 Å².